The molecule has 0 aliphatic rings. The van der Waals surface area contributed by atoms with E-state index < -0.39 is 0 Å². The summed E-state index contributed by atoms with van der Waals surface area (Å²) in [7, 11) is 0. The minimum atomic E-state index is -0.0179. The van der Waals surface area contributed by atoms with Crippen LogP contribution in [0.25, 0.3) is 0 Å². The van der Waals surface area contributed by atoms with Gasteiger partial charge in [-0.15, -0.1) is 11.3 Å². The van der Waals surface area contributed by atoms with Crippen LogP contribution in [0.2, 0.25) is 0 Å². The maximum Gasteiger partial charge on any atom is 0.0626 e. The van der Waals surface area contributed by atoms with E-state index in [-0.39, 0.29) is 18.7 Å². The number of benzene rings is 1. The zero-order valence-electron chi connectivity index (χ0n) is 11.4. The SMILES string of the molecule is CC(C)C(N[C@@H](CO)c1ccccc1)c1cccs1. The summed E-state index contributed by atoms with van der Waals surface area (Å²) >= 11 is 1.76. The molecule has 0 saturated heterocycles. The second-order valence-corrected chi connectivity index (χ2v) is 6.03. The zero-order chi connectivity index (χ0) is 13.7. The van der Waals surface area contributed by atoms with Crippen molar-refractivity contribution in [3.63, 3.8) is 0 Å². The Morgan fingerprint density at radius 1 is 1.11 bits per heavy atom. The summed E-state index contributed by atoms with van der Waals surface area (Å²) < 4.78 is 0. The van der Waals surface area contributed by atoms with Crippen molar-refractivity contribution in [1.29, 1.82) is 0 Å². The molecular formula is C16H21NOS. The highest BCUT2D eigenvalue weighted by atomic mass is 32.1. The Hall–Kier alpha value is -1.16. The number of aliphatic hydroxyl groups is 1. The predicted octanol–water partition coefficient (Wildman–Crippen LogP) is 3.77. The first kappa shape index (κ1) is 14.3. The van der Waals surface area contributed by atoms with E-state index in [1.165, 1.54) is 4.88 Å². The average Bonchev–Trinajstić information content (AvgIpc) is 2.94. The molecule has 0 aliphatic heterocycles. The Balaban J connectivity index is 2.16. The van der Waals surface area contributed by atoms with Crippen molar-refractivity contribution in [2.24, 2.45) is 5.92 Å². The third kappa shape index (κ3) is 3.66. The largest absolute Gasteiger partial charge is 0.394 e. The van der Waals surface area contributed by atoms with Gasteiger partial charge in [0.25, 0.3) is 0 Å². The smallest absolute Gasteiger partial charge is 0.0626 e. The zero-order valence-corrected chi connectivity index (χ0v) is 12.2. The van der Waals surface area contributed by atoms with Crippen molar-refractivity contribution in [2.75, 3.05) is 6.61 Å². The Kier molecular flexibility index (Phi) is 5.14. The molecule has 1 heterocycles. The Morgan fingerprint density at radius 3 is 2.37 bits per heavy atom. The van der Waals surface area contributed by atoms with Crippen LogP contribution in [0.15, 0.2) is 47.8 Å². The van der Waals surface area contributed by atoms with Gasteiger partial charge >= 0.3 is 0 Å². The third-order valence-electron chi connectivity index (χ3n) is 3.28. The van der Waals surface area contributed by atoms with Crippen LogP contribution >= 0.6 is 11.3 Å². The molecule has 2 rings (SSSR count). The van der Waals surface area contributed by atoms with E-state index in [0.29, 0.717) is 5.92 Å². The summed E-state index contributed by atoms with van der Waals surface area (Å²) in [4.78, 5) is 1.32. The molecule has 1 aromatic carbocycles. The molecule has 1 unspecified atom stereocenters. The average molecular weight is 275 g/mol. The number of hydrogen-bond donors (Lipinski definition) is 2. The highest BCUT2D eigenvalue weighted by Gasteiger charge is 2.21. The molecular weight excluding hydrogens is 254 g/mol. The molecule has 0 radical (unpaired) electrons. The Morgan fingerprint density at radius 2 is 1.84 bits per heavy atom. The summed E-state index contributed by atoms with van der Waals surface area (Å²) in [6.45, 7) is 4.52. The van der Waals surface area contributed by atoms with Crippen LogP contribution in [-0.4, -0.2) is 11.7 Å². The lowest BCUT2D eigenvalue weighted by Crippen LogP contribution is -2.31. The maximum atomic E-state index is 9.65. The van der Waals surface area contributed by atoms with E-state index in [0.717, 1.165) is 5.56 Å². The molecule has 0 saturated carbocycles. The van der Waals surface area contributed by atoms with Crippen LogP contribution < -0.4 is 5.32 Å². The quantitative estimate of drug-likeness (QED) is 0.841. The molecule has 0 spiro atoms. The lowest BCUT2D eigenvalue weighted by Gasteiger charge is -2.27. The molecule has 0 amide bonds. The molecule has 2 N–H and O–H groups in total. The summed E-state index contributed by atoms with van der Waals surface area (Å²) in [5.41, 5.74) is 1.13. The van der Waals surface area contributed by atoms with Crippen LogP contribution in [0.3, 0.4) is 0 Å². The predicted molar refractivity (Wildman–Crippen MR) is 81.3 cm³/mol. The summed E-state index contributed by atoms with van der Waals surface area (Å²) in [6.07, 6.45) is 0. The van der Waals surface area contributed by atoms with Crippen molar-refractivity contribution in [3.8, 4) is 0 Å². The Labute approximate surface area is 119 Å². The van der Waals surface area contributed by atoms with E-state index in [9.17, 15) is 5.11 Å². The van der Waals surface area contributed by atoms with E-state index in [4.69, 9.17) is 0 Å². The normalized spacial score (nSPS) is 14.5. The van der Waals surface area contributed by atoms with Crippen LogP contribution in [-0.2, 0) is 0 Å². The minimum absolute atomic E-state index is 0.0179. The van der Waals surface area contributed by atoms with Crippen molar-refractivity contribution in [1.82, 2.24) is 5.32 Å². The molecule has 2 nitrogen and oxygen atoms in total. The first-order valence-electron chi connectivity index (χ1n) is 6.67. The molecule has 2 atom stereocenters. The molecule has 0 aliphatic carbocycles. The van der Waals surface area contributed by atoms with Crippen molar-refractivity contribution in [2.45, 2.75) is 25.9 Å². The number of nitrogens with one attached hydrogen (secondary N) is 1. The molecule has 19 heavy (non-hydrogen) atoms. The first-order valence-corrected chi connectivity index (χ1v) is 7.55. The van der Waals surface area contributed by atoms with Gasteiger partial charge in [0, 0.05) is 10.9 Å². The minimum Gasteiger partial charge on any atom is -0.394 e. The van der Waals surface area contributed by atoms with Gasteiger partial charge in [0.1, 0.15) is 0 Å². The van der Waals surface area contributed by atoms with Crippen LogP contribution in [0.4, 0.5) is 0 Å². The van der Waals surface area contributed by atoms with Crippen molar-refractivity contribution in [3.05, 3.63) is 58.3 Å². The molecule has 1 aromatic heterocycles. The van der Waals surface area contributed by atoms with Crippen LogP contribution in [0, 0.1) is 5.92 Å². The van der Waals surface area contributed by atoms with Crippen LogP contribution in [0.1, 0.15) is 36.4 Å². The molecule has 0 bridgehead atoms. The van der Waals surface area contributed by atoms with Gasteiger partial charge in [-0.2, -0.15) is 0 Å². The highest BCUT2D eigenvalue weighted by Crippen LogP contribution is 2.28. The third-order valence-corrected chi connectivity index (χ3v) is 4.24. The lowest BCUT2D eigenvalue weighted by atomic mass is 9.99. The van der Waals surface area contributed by atoms with Gasteiger partial charge in [-0.3, -0.25) is 0 Å². The highest BCUT2D eigenvalue weighted by molar-refractivity contribution is 7.10. The summed E-state index contributed by atoms with van der Waals surface area (Å²) in [5, 5.41) is 15.3. The fourth-order valence-electron chi connectivity index (χ4n) is 2.23. The van der Waals surface area contributed by atoms with Crippen LogP contribution in [0.5, 0.6) is 0 Å². The first-order chi connectivity index (χ1) is 9.22. The van der Waals surface area contributed by atoms with E-state index in [1.54, 1.807) is 11.3 Å². The van der Waals surface area contributed by atoms with Gasteiger partial charge in [-0.1, -0.05) is 50.2 Å². The molecule has 0 fully saturated rings. The standard InChI is InChI=1S/C16H21NOS/c1-12(2)16(15-9-6-10-19-15)17-14(11-18)13-7-4-3-5-8-13/h3-10,12,14,16-18H,11H2,1-2H3/t14-,16?/m0/s1. The van der Waals surface area contributed by atoms with Gasteiger partial charge in [-0.05, 0) is 22.9 Å². The molecule has 102 valence electrons. The van der Waals surface area contributed by atoms with E-state index >= 15 is 0 Å². The van der Waals surface area contributed by atoms with Gasteiger partial charge in [-0.25, -0.2) is 0 Å². The molecule has 3 heteroatoms. The maximum absolute atomic E-state index is 9.65. The molecule has 2 aromatic rings. The number of rotatable bonds is 6. The van der Waals surface area contributed by atoms with Gasteiger partial charge in [0.2, 0.25) is 0 Å². The topological polar surface area (TPSA) is 32.3 Å². The lowest BCUT2D eigenvalue weighted by molar-refractivity contribution is 0.222. The number of aliphatic hydroxyl groups excluding tert-OH is 1. The second kappa shape index (κ2) is 6.85. The Bertz CT molecular complexity index is 467. The van der Waals surface area contributed by atoms with Crippen molar-refractivity contribution >= 4 is 11.3 Å². The fourth-order valence-corrected chi connectivity index (χ4v) is 3.19. The fraction of sp³-hybridized carbons (Fsp3) is 0.375. The van der Waals surface area contributed by atoms with Gasteiger partial charge in [0.15, 0.2) is 0 Å². The number of hydrogen-bond acceptors (Lipinski definition) is 3. The van der Waals surface area contributed by atoms with E-state index in [2.05, 4.69) is 48.8 Å². The van der Waals surface area contributed by atoms with E-state index in [1.807, 2.05) is 18.2 Å². The number of thiophene rings is 1. The van der Waals surface area contributed by atoms with Gasteiger partial charge in [0.05, 0.1) is 12.6 Å². The summed E-state index contributed by atoms with van der Waals surface area (Å²) in [5.74, 6) is 0.483. The monoisotopic (exact) mass is 275 g/mol. The summed E-state index contributed by atoms with van der Waals surface area (Å²) in [6, 6.07) is 14.6. The van der Waals surface area contributed by atoms with Gasteiger partial charge < -0.3 is 10.4 Å². The van der Waals surface area contributed by atoms with Crippen molar-refractivity contribution < 1.29 is 5.11 Å². The second-order valence-electron chi connectivity index (χ2n) is 5.05.